The van der Waals surface area contributed by atoms with Crippen molar-refractivity contribution < 1.29 is 19.8 Å². The van der Waals surface area contributed by atoms with Gasteiger partial charge in [-0.25, -0.2) is 0 Å². The predicted molar refractivity (Wildman–Crippen MR) is 109 cm³/mol. The van der Waals surface area contributed by atoms with Crippen molar-refractivity contribution in [2.45, 2.75) is 90.9 Å². The van der Waals surface area contributed by atoms with Crippen LogP contribution in [0.1, 0.15) is 91.2 Å². The molecule has 0 saturated carbocycles. The van der Waals surface area contributed by atoms with Gasteiger partial charge in [0.15, 0.2) is 0 Å². The molecular weight excluding hydrogens is 342 g/mol. The van der Waals surface area contributed by atoms with Crippen LogP contribution in [0.3, 0.4) is 0 Å². The fourth-order valence-electron chi connectivity index (χ4n) is 2.86. The van der Waals surface area contributed by atoms with Crippen LogP contribution in [0, 0.1) is 0 Å². The quantitative estimate of drug-likeness (QED) is 0.421. The minimum atomic E-state index is -0.781. The summed E-state index contributed by atoms with van der Waals surface area (Å²) in [6.07, 6.45) is 3.50. The molecule has 0 heterocycles. The monoisotopic (exact) mass is 377 g/mol. The average molecular weight is 378 g/mol. The van der Waals surface area contributed by atoms with Crippen LogP contribution in [0.4, 0.5) is 5.69 Å². The highest BCUT2D eigenvalue weighted by molar-refractivity contribution is 5.92. The molecule has 3 N–H and O–H groups in total. The van der Waals surface area contributed by atoms with Crippen molar-refractivity contribution in [3.8, 4) is 5.75 Å². The first-order valence-corrected chi connectivity index (χ1v) is 9.72. The number of hydrogen-bond donors (Lipinski definition) is 3. The minimum absolute atomic E-state index is 0.0999. The molecule has 1 aromatic carbocycles. The number of aromatic hydroxyl groups is 1. The molecule has 0 radical (unpaired) electrons. The van der Waals surface area contributed by atoms with Gasteiger partial charge in [0.2, 0.25) is 5.91 Å². The van der Waals surface area contributed by atoms with E-state index in [-0.39, 0.29) is 28.9 Å². The molecule has 0 aliphatic heterocycles. The summed E-state index contributed by atoms with van der Waals surface area (Å²) < 4.78 is 0. The molecule has 0 spiro atoms. The average Bonchev–Trinajstić information content (AvgIpc) is 2.50. The zero-order chi connectivity index (χ0) is 20.8. The number of unbranched alkanes of at least 4 members (excludes halogenated alkanes) is 3. The number of benzene rings is 1. The highest BCUT2D eigenvalue weighted by atomic mass is 16.4. The first kappa shape index (κ1) is 23.0. The zero-order valence-corrected chi connectivity index (χ0v) is 17.6. The Labute approximate surface area is 163 Å². The highest BCUT2D eigenvalue weighted by Crippen LogP contribution is 2.40. The standard InChI is InChI=1S/C22H35NO4/c1-21(2,3)15-13-16(22(4,5)6)20(27)17(14-15)23-18(24)11-9-7-8-10-12-19(25)26/h13-14,27H,7-12H2,1-6H3,(H,23,24)(H,25,26). The number of hydrogen-bond acceptors (Lipinski definition) is 3. The predicted octanol–water partition coefficient (Wildman–Crippen LogP) is 5.35. The van der Waals surface area contributed by atoms with Crippen LogP contribution in [-0.4, -0.2) is 22.1 Å². The van der Waals surface area contributed by atoms with E-state index >= 15 is 0 Å². The van der Waals surface area contributed by atoms with Crippen LogP contribution in [0.5, 0.6) is 5.75 Å². The minimum Gasteiger partial charge on any atom is -0.505 e. The summed E-state index contributed by atoms with van der Waals surface area (Å²) in [5.74, 6) is -0.781. The van der Waals surface area contributed by atoms with E-state index in [1.165, 1.54) is 0 Å². The molecule has 0 unspecified atom stereocenters. The van der Waals surface area contributed by atoms with Gasteiger partial charge in [-0.2, -0.15) is 0 Å². The summed E-state index contributed by atoms with van der Waals surface area (Å²) in [6.45, 7) is 12.4. The number of anilines is 1. The van der Waals surface area contributed by atoms with Gasteiger partial charge in [0.1, 0.15) is 5.75 Å². The third-order valence-corrected chi connectivity index (χ3v) is 4.60. The van der Waals surface area contributed by atoms with Gasteiger partial charge in [-0.05, 0) is 35.3 Å². The number of aliphatic carboxylic acids is 1. The van der Waals surface area contributed by atoms with E-state index in [4.69, 9.17) is 5.11 Å². The Kier molecular flexibility index (Phi) is 7.88. The molecule has 152 valence electrons. The van der Waals surface area contributed by atoms with Gasteiger partial charge in [-0.3, -0.25) is 9.59 Å². The molecule has 0 saturated heterocycles. The molecule has 1 aromatic rings. The second-order valence-electron chi connectivity index (χ2n) is 9.28. The van der Waals surface area contributed by atoms with Crippen molar-refractivity contribution in [2.24, 2.45) is 0 Å². The summed E-state index contributed by atoms with van der Waals surface area (Å²) >= 11 is 0. The lowest BCUT2D eigenvalue weighted by Gasteiger charge is -2.27. The third kappa shape index (κ3) is 7.61. The second kappa shape index (κ2) is 9.25. The van der Waals surface area contributed by atoms with Gasteiger partial charge in [0, 0.05) is 18.4 Å². The molecule has 27 heavy (non-hydrogen) atoms. The Morgan fingerprint density at radius 2 is 1.44 bits per heavy atom. The van der Waals surface area contributed by atoms with Crippen LogP contribution in [-0.2, 0) is 20.4 Å². The third-order valence-electron chi connectivity index (χ3n) is 4.60. The van der Waals surface area contributed by atoms with Crippen molar-refractivity contribution in [2.75, 3.05) is 5.32 Å². The summed E-state index contributed by atoms with van der Waals surface area (Å²) in [7, 11) is 0. The lowest BCUT2D eigenvalue weighted by molar-refractivity contribution is -0.137. The van der Waals surface area contributed by atoms with Crippen LogP contribution >= 0.6 is 0 Å². The van der Waals surface area contributed by atoms with E-state index in [0.717, 1.165) is 24.0 Å². The Morgan fingerprint density at radius 3 is 1.93 bits per heavy atom. The van der Waals surface area contributed by atoms with E-state index in [1.807, 2.05) is 32.9 Å². The number of nitrogens with one attached hydrogen (secondary N) is 1. The maximum atomic E-state index is 12.3. The summed E-state index contributed by atoms with van der Waals surface area (Å²) in [6, 6.07) is 3.88. The number of rotatable bonds is 8. The SMILES string of the molecule is CC(C)(C)c1cc(NC(=O)CCCCCCC(=O)O)c(O)c(C(C)(C)C)c1. The second-order valence-corrected chi connectivity index (χ2v) is 9.28. The molecule has 0 aliphatic carbocycles. The Hall–Kier alpha value is -2.04. The number of carboxylic acid groups (broad SMARTS) is 1. The number of amides is 1. The van der Waals surface area contributed by atoms with Gasteiger partial charge >= 0.3 is 5.97 Å². The Morgan fingerprint density at radius 1 is 0.889 bits per heavy atom. The molecule has 0 aromatic heterocycles. The van der Waals surface area contributed by atoms with Crippen LogP contribution < -0.4 is 5.32 Å². The number of phenolic OH excluding ortho intramolecular Hbond substituents is 1. The van der Waals surface area contributed by atoms with Gasteiger partial charge in [-0.15, -0.1) is 0 Å². The fourth-order valence-corrected chi connectivity index (χ4v) is 2.86. The molecular formula is C22H35NO4. The van der Waals surface area contributed by atoms with Crippen LogP contribution in [0.25, 0.3) is 0 Å². The van der Waals surface area contributed by atoms with E-state index in [0.29, 0.717) is 24.9 Å². The maximum Gasteiger partial charge on any atom is 0.303 e. The van der Waals surface area contributed by atoms with Crippen molar-refractivity contribution in [1.82, 2.24) is 0 Å². The lowest BCUT2D eigenvalue weighted by atomic mass is 9.79. The van der Waals surface area contributed by atoms with E-state index in [2.05, 4.69) is 26.1 Å². The van der Waals surface area contributed by atoms with E-state index in [9.17, 15) is 14.7 Å². The zero-order valence-electron chi connectivity index (χ0n) is 17.6. The first-order valence-electron chi connectivity index (χ1n) is 9.72. The number of carbonyl (C=O) groups is 2. The Balaban J connectivity index is 2.81. The summed E-state index contributed by atoms with van der Waals surface area (Å²) in [5, 5.41) is 22.2. The maximum absolute atomic E-state index is 12.3. The van der Waals surface area contributed by atoms with Crippen LogP contribution in [0.15, 0.2) is 12.1 Å². The summed E-state index contributed by atoms with van der Waals surface area (Å²) in [5.41, 5.74) is 2.00. The largest absolute Gasteiger partial charge is 0.505 e. The van der Waals surface area contributed by atoms with Gasteiger partial charge in [0.25, 0.3) is 0 Å². The fraction of sp³-hybridized carbons (Fsp3) is 0.636. The van der Waals surface area contributed by atoms with Gasteiger partial charge in [-0.1, -0.05) is 60.5 Å². The summed E-state index contributed by atoms with van der Waals surface area (Å²) in [4.78, 5) is 22.8. The highest BCUT2D eigenvalue weighted by Gasteiger charge is 2.25. The van der Waals surface area contributed by atoms with Crippen molar-refractivity contribution in [1.29, 1.82) is 0 Å². The molecule has 5 heteroatoms. The number of carbonyl (C=O) groups excluding carboxylic acids is 1. The normalized spacial score (nSPS) is 12.1. The van der Waals surface area contributed by atoms with Gasteiger partial charge in [0.05, 0.1) is 5.69 Å². The first-order chi connectivity index (χ1) is 12.3. The molecule has 0 aliphatic rings. The lowest BCUT2D eigenvalue weighted by Crippen LogP contribution is -2.19. The van der Waals surface area contributed by atoms with Crippen molar-refractivity contribution >= 4 is 17.6 Å². The number of carboxylic acids is 1. The molecule has 5 nitrogen and oxygen atoms in total. The molecule has 0 fully saturated rings. The smallest absolute Gasteiger partial charge is 0.303 e. The van der Waals surface area contributed by atoms with Gasteiger partial charge < -0.3 is 15.5 Å². The molecule has 0 atom stereocenters. The Bertz CT molecular complexity index is 666. The van der Waals surface area contributed by atoms with Crippen molar-refractivity contribution in [3.05, 3.63) is 23.3 Å². The molecule has 1 amide bonds. The van der Waals surface area contributed by atoms with E-state index < -0.39 is 5.97 Å². The molecule has 0 bridgehead atoms. The van der Waals surface area contributed by atoms with Crippen LogP contribution in [0.2, 0.25) is 0 Å². The van der Waals surface area contributed by atoms with E-state index in [1.54, 1.807) is 0 Å². The van der Waals surface area contributed by atoms with Crippen molar-refractivity contribution in [3.63, 3.8) is 0 Å². The number of phenols is 1. The topological polar surface area (TPSA) is 86.6 Å². The molecule has 1 rings (SSSR count).